The molecule has 0 saturated carbocycles. The Balaban J connectivity index is 0.000000450. The second kappa shape index (κ2) is 27.1. The normalized spacial score (nSPS) is 43.2. The zero-order valence-electron chi connectivity index (χ0n) is 46.0. The maximum Gasteiger partial charge on any atom is 0.124 e. The van der Waals surface area contributed by atoms with Gasteiger partial charge in [-0.25, -0.2) is 0 Å². The molecule has 5 aliphatic rings. The molecule has 0 aromatic heterocycles. The van der Waals surface area contributed by atoms with Gasteiger partial charge in [-0.15, -0.1) is 0 Å². The largest absolute Gasteiger partial charge is 0.394 e. The third-order valence-electron chi connectivity index (χ3n) is 14.2. The molecule has 5 aliphatic heterocycles. The third-order valence-corrected chi connectivity index (χ3v) is 14.2. The maximum absolute atomic E-state index is 9.90. The van der Waals surface area contributed by atoms with Crippen molar-refractivity contribution < 1.29 is 105 Å². The van der Waals surface area contributed by atoms with Crippen LogP contribution in [0.4, 0.5) is 0 Å². The summed E-state index contributed by atoms with van der Waals surface area (Å²) in [6.07, 6.45) is -17.3. The molecule has 0 aliphatic carbocycles. The van der Waals surface area contributed by atoms with Crippen LogP contribution in [0.15, 0.2) is 0 Å². The molecule has 18 N–H and O–H groups in total. The van der Waals surface area contributed by atoms with Gasteiger partial charge in [-0.1, -0.05) is 104 Å². The SMILES string of the molecule is CC(C)(C)[C@@H]1OC(CO)[C@@H](O)C(O)[C@@H]1N.CC(C)(C)[C@H]1CC(O)[C@H](O)C(CO)O1.CC(C)(C)[C@]1(CO)OC[C@@H](O)C(O)[C@H]1O.CC1O[C@@H](C(C)(C)C)[C@@H](O)C(O)[C@@H]1O.CC1O[C@@H](C(C)(C)C)[C@@H](O)C(O)[C@H]1O. The lowest BCUT2D eigenvalue weighted by atomic mass is 9.70. The molecule has 5 heterocycles. The minimum absolute atomic E-state index is 0.0872. The van der Waals surface area contributed by atoms with Crippen LogP contribution in [-0.4, -0.2) is 248 Å². The van der Waals surface area contributed by atoms with Crippen molar-refractivity contribution in [3.05, 3.63) is 0 Å². The van der Waals surface area contributed by atoms with Crippen LogP contribution in [0.3, 0.4) is 0 Å². The van der Waals surface area contributed by atoms with Gasteiger partial charge >= 0.3 is 0 Å². The summed E-state index contributed by atoms with van der Waals surface area (Å²) in [4.78, 5) is 0. The van der Waals surface area contributed by atoms with E-state index in [1.54, 1.807) is 34.6 Å². The molecule has 23 atom stereocenters. The van der Waals surface area contributed by atoms with Crippen molar-refractivity contribution in [3.8, 4) is 0 Å². The Morgan fingerprint density at radius 2 is 0.819 bits per heavy atom. The fourth-order valence-electron chi connectivity index (χ4n) is 9.06. The van der Waals surface area contributed by atoms with Gasteiger partial charge in [0.1, 0.15) is 91.1 Å². The minimum atomic E-state index is -1.30. The number of hydrogen-bond acceptors (Lipinski definition) is 22. The molecule has 5 rings (SSSR count). The van der Waals surface area contributed by atoms with E-state index in [1.165, 1.54) is 0 Å². The summed E-state index contributed by atoms with van der Waals surface area (Å²) in [6.45, 7) is 31.1. The summed E-state index contributed by atoms with van der Waals surface area (Å²) in [5, 5.41) is 152. The van der Waals surface area contributed by atoms with Gasteiger partial charge in [0.05, 0.1) is 75.2 Å². The van der Waals surface area contributed by atoms with Gasteiger partial charge in [0.2, 0.25) is 0 Å². The molecule has 0 aromatic rings. The lowest BCUT2D eigenvalue weighted by Crippen LogP contribution is -2.67. The van der Waals surface area contributed by atoms with Crippen molar-refractivity contribution in [1.82, 2.24) is 0 Å². The number of nitrogens with two attached hydrogens (primary N) is 1. The van der Waals surface area contributed by atoms with Crippen LogP contribution in [0, 0.1) is 27.1 Å². The summed E-state index contributed by atoms with van der Waals surface area (Å²) in [7, 11) is 0. The van der Waals surface area contributed by atoms with Crippen molar-refractivity contribution in [1.29, 1.82) is 0 Å². The minimum Gasteiger partial charge on any atom is -0.394 e. The second-order valence-electron chi connectivity index (χ2n) is 25.5. The van der Waals surface area contributed by atoms with Gasteiger partial charge in [-0.05, 0) is 40.9 Å². The van der Waals surface area contributed by atoms with Crippen LogP contribution in [0.25, 0.3) is 0 Å². The number of hydrogen-bond donors (Lipinski definition) is 17. The van der Waals surface area contributed by atoms with Crippen molar-refractivity contribution in [2.75, 3.05) is 26.4 Å². The first-order valence-corrected chi connectivity index (χ1v) is 25.1. The predicted octanol–water partition coefficient (Wildman–Crippen LogP) is -2.57. The number of rotatable bonds is 3. The first-order chi connectivity index (χ1) is 32.4. The molecule has 0 spiro atoms. The molecule has 22 nitrogen and oxygen atoms in total. The summed E-state index contributed by atoms with van der Waals surface area (Å²) in [6, 6.07) is -0.636. The molecule has 0 aromatic carbocycles. The lowest BCUT2D eigenvalue weighted by molar-refractivity contribution is -0.279. The van der Waals surface area contributed by atoms with Gasteiger partial charge in [-0.3, -0.25) is 0 Å². The van der Waals surface area contributed by atoms with Crippen LogP contribution in [0.1, 0.15) is 124 Å². The maximum atomic E-state index is 9.90. The molecule has 432 valence electrons. The first kappa shape index (κ1) is 69.1. The van der Waals surface area contributed by atoms with Crippen LogP contribution in [0.2, 0.25) is 0 Å². The molecule has 5 saturated heterocycles. The quantitative estimate of drug-likeness (QED) is 0.138. The zero-order chi connectivity index (χ0) is 56.8. The van der Waals surface area contributed by atoms with Gasteiger partial charge in [0, 0.05) is 6.42 Å². The molecule has 22 heteroatoms. The zero-order valence-corrected chi connectivity index (χ0v) is 46.0. The summed E-state index contributed by atoms with van der Waals surface area (Å²) in [5.41, 5.74) is 3.19. The first-order valence-electron chi connectivity index (χ1n) is 25.1. The number of aliphatic hydroxyl groups is 16. The van der Waals surface area contributed by atoms with E-state index in [-0.39, 0.29) is 53.7 Å². The molecule has 0 amide bonds. The van der Waals surface area contributed by atoms with Crippen LogP contribution in [0.5, 0.6) is 0 Å². The van der Waals surface area contributed by atoms with Gasteiger partial charge in [0.25, 0.3) is 0 Å². The van der Waals surface area contributed by atoms with Crippen molar-refractivity contribution >= 4 is 0 Å². The lowest BCUT2D eigenvalue weighted by Gasteiger charge is -2.51. The number of ether oxygens (including phenoxy) is 5. The van der Waals surface area contributed by atoms with Crippen molar-refractivity contribution in [2.45, 2.75) is 264 Å². The van der Waals surface area contributed by atoms with E-state index >= 15 is 0 Å². The Morgan fingerprint density at radius 1 is 0.431 bits per heavy atom. The Bertz CT molecular complexity index is 1490. The highest BCUT2D eigenvalue weighted by Gasteiger charge is 2.56. The Labute approximate surface area is 427 Å². The van der Waals surface area contributed by atoms with Gasteiger partial charge in [0.15, 0.2) is 0 Å². The van der Waals surface area contributed by atoms with E-state index in [0.717, 1.165) is 0 Å². The average Bonchev–Trinajstić information content (AvgIpc) is 3.25. The topological polar surface area (TPSA) is 396 Å². The molecule has 0 radical (unpaired) electrons. The molecule has 9 unspecified atom stereocenters. The smallest absolute Gasteiger partial charge is 0.124 e. The molecule has 0 bridgehead atoms. The van der Waals surface area contributed by atoms with E-state index in [2.05, 4.69) is 0 Å². The predicted molar refractivity (Wildman–Crippen MR) is 264 cm³/mol. The Hall–Kier alpha value is -0.880. The van der Waals surface area contributed by atoms with Gasteiger partial charge in [-0.2, -0.15) is 0 Å². The Morgan fingerprint density at radius 3 is 1.15 bits per heavy atom. The van der Waals surface area contributed by atoms with Crippen molar-refractivity contribution in [2.24, 2.45) is 32.8 Å². The fourth-order valence-corrected chi connectivity index (χ4v) is 9.06. The fraction of sp³-hybridized carbons (Fsp3) is 1.00. The highest BCUT2D eigenvalue weighted by Crippen LogP contribution is 2.41. The van der Waals surface area contributed by atoms with Crippen molar-refractivity contribution in [3.63, 3.8) is 0 Å². The monoisotopic (exact) mass is 1050 g/mol. The molecule has 72 heavy (non-hydrogen) atoms. The summed E-state index contributed by atoms with van der Waals surface area (Å²) >= 11 is 0. The van der Waals surface area contributed by atoms with Gasteiger partial charge < -0.3 is 111 Å². The Kier molecular flexibility index (Phi) is 26.1. The van der Waals surface area contributed by atoms with E-state index in [0.29, 0.717) is 6.42 Å². The van der Waals surface area contributed by atoms with Crippen LogP contribution >= 0.6 is 0 Å². The van der Waals surface area contributed by atoms with Crippen LogP contribution in [-0.2, 0) is 23.7 Å². The van der Waals surface area contributed by atoms with E-state index < -0.39 is 140 Å². The average molecular weight is 1050 g/mol. The highest BCUT2D eigenvalue weighted by atomic mass is 16.6. The highest BCUT2D eigenvalue weighted by molar-refractivity contribution is 5.05. The molecule has 5 fully saturated rings. The molecular formula is C50H101NO21. The number of aliphatic hydroxyl groups excluding tert-OH is 16. The third kappa shape index (κ3) is 17.6. The van der Waals surface area contributed by atoms with Crippen LogP contribution < -0.4 is 5.73 Å². The van der Waals surface area contributed by atoms with E-state index in [9.17, 15) is 71.5 Å². The van der Waals surface area contributed by atoms with E-state index in [4.69, 9.17) is 39.6 Å². The van der Waals surface area contributed by atoms with E-state index in [1.807, 2.05) is 83.1 Å². The standard InChI is InChI=1S/C10H21NO4.C10H20O5.3C10H20O4/c1-10(2,3)9-6(11)8(14)7(13)5(4-12)15-9;1-9(2,3)10(5-11)8(14)7(13)6(12)4-15-10;1-10(2,3)8-4-6(12)9(13)7(5-11)14-8;2*1-5-6(11)7(12)8(13)9(14-5)10(2,3)4/h5-9,12-14H,4,11H2,1-3H3;6-8,11-14H,4-5H2,1-3H3;6-9,11-13H,4-5H2,1-3H3;2*5-9,11-13H,1-4H3/t5?,6-,7+,8?,9+;6-,7?,8-,10-;6?,7?,8-,9+;5?,6-,7?,8+,9-;5?,6-,7?,8-,9+/m01110/s1. The summed E-state index contributed by atoms with van der Waals surface area (Å²) < 4.78 is 27.4. The summed E-state index contributed by atoms with van der Waals surface area (Å²) in [5.74, 6) is 0. The second-order valence-corrected chi connectivity index (χ2v) is 25.5. The molecular weight excluding hydrogens is 951 g/mol.